The number of carbonyl (C=O) groups excluding carboxylic acids is 1. The Bertz CT molecular complexity index is 1570. The molecule has 44 heavy (non-hydrogen) atoms. The molecule has 0 aromatic heterocycles. The zero-order chi connectivity index (χ0) is 31.7. The summed E-state index contributed by atoms with van der Waals surface area (Å²) in [6.45, 7) is -0.763. The highest BCUT2D eigenvalue weighted by Crippen LogP contribution is 2.47. The van der Waals surface area contributed by atoms with Crippen molar-refractivity contribution in [3.8, 4) is 40.2 Å². The fraction of sp³-hybridized carbons (Fsp3) is 0.233. The van der Waals surface area contributed by atoms with E-state index < -0.39 is 66.6 Å². The van der Waals surface area contributed by atoms with Gasteiger partial charge in [0.1, 0.15) is 35.0 Å². The summed E-state index contributed by atoms with van der Waals surface area (Å²) in [4.78, 5) is 12.6. The number of aromatic hydroxyl groups is 7. The van der Waals surface area contributed by atoms with E-state index in [0.717, 1.165) is 24.3 Å². The monoisotopic (exact) mass is 613 g/mol. The van der Waals surface area contributed by atoms with Gasteiger partial charge in [-0.25, -0.2) is 4.79 Å². The van der Waals surface area contributed by atoms with Crippen LogP contribution in [-0.4, -0.2) is 94.0 Å². The Morgan fingerprint density at radius 2 is 1.57 bits per heavy atom. The van der Waals surface area contributed by atoms with E-state index >= 15 is 0 Å². The first-order chi connectivity index (χ1) is 20.9. The van der Waals surface area contributed by atoms with Gasteiger partial charge in [-0.2, -0.15) is 0 Å². The molecule has 2 aliphatic rings. The Morgan fingerprint density at radius 3 is 2.23 bits per heavy atom. The third kappa shape index (κ3) is 6.14. The first-order valence-corrected chi connectivity index (χ1v) is 13.1. The van der Waals surface area contributed by atoms with Crippen LogP contribution in [0.5, 0.6) is 40.2 Å². The second-order valence-electron chi connectivity index (χ2n) is 10.0. The van der Waals surface area contributed by atoms with Crippen molar-refractivity contribution in [2.75, 3.05) is 6.61 Å². The summed E-state index contributed by atoms with van der Waals surface area (Å²) >= 11 is 0. The number of phenolic OH excluding ortho intramolecular Hbond substituents is 6. The maximum absolute atomic E-state index is 12.6. The van der Waals surface area contributed by atoms with Crippen LogP contribution < -0.4 is 0 Å². The van der Waals surface area contributed by atoms with Gasteiger partial charge in [0.15, 0.2) is 35.2 Å². The number of esters is 1. The van der Waals surface area contributed by atoms with E-state index in [2.05, 4.69) is 4.74 Å². The van der Waals surface area contributed by atoms with E-state index in [9.17, 15) is 50.8 Å². The quantitative estimate of drug-likeness (QED) is 0.0792. The molecule has 0 radical (unpaired) electrons. The van der Waals surface area contributed by atoms with E-state index in [1.54, 1.807) is 0 Å². The van der Waals surface area contributed by atoms with Gasteiger partial charge in [0.2, 0.25) is 6.29 Å². The molecular formula is C30H29O14+. The van der Waals surface area contributed by atoms with Crippen LogP contribution in [0.15, 0.2) is 60.4 Å². The average molecular weight is 614 g/mol. The molecular weight excluding hydrogens is 584 g/mol. The molecule has 0 amide bonds. The summed E-state index contributed by atoms with van der Waals surface area (Å²) in [6, 6.07) is 10.3. The van der Waals surface area contributed by atoms with Crippen LogP contribution in [0.3, 0.4) is 0 Å². The molecule has 6 unspecified atom stereocenters. The van der Waals surface area contributed by atoms with Crippen LogP contribution in [-0.2, 0) is 19.0 Å². The molecule has 6 atom stereocenters. The lowest BCUT2D eigenvalue weighted by atomic mass is 9.98. The van der Waals surface area contributed by atoms with Crippen LogP contribution >= 0.6 is 0 Å². The van der Waals surface area contributed by atoms with Crippen molar-refractivity contribution in [3.05, 3.63) is 77.1 Å². The van der Waals surface area contributed by atoms with Crippen molar-refractivity contribution in [3.63, 3.8) is 0 Å². The van der Waals surface area contributed by atoms with Gasteiger partial charge in [-0.1, -0.05) is 12.1 Å². The highest BCUT2D eigenvalue weighted by atomic mass is 16.7. The first kappa shape index (κ1) is 30.3. The maximum Gasteiger partial charge on any atom is 0.331 e. The smallest absolute Gasteiger partial charge is 0.331 e. The van der Waals surface area contributed by atoms with Crippen molar-refractivity contribution in [2.45, 2.75) is 36.8 Å². The predicted molar refractivity (Wildman–Crippen MR) is 149 cm³/mol. The van der Waals surface area contributed by atoms with E-state index in [1.807, 2.05) is 0 Å². The second kappa shape index (κ2) is 12.2. The molecule has 0 bridgehead atoms. The molecule has 5 rings (SSSR count). The highest BCUT2D eigenvalue weighted by molar-refractivity contribution is 5.87. The molecule has 2 heterocycles. The van der Waals surface area contributed by atoms with Gasteiger partial charge in [0.05, 0.1) is 18.2 Å². The van der Waals surface area contributed by atoms with Crippen LogP contribution in [0.4, 0.5) is 0 Å². The third-order valence-electron chi connectivity index (χ3n) is 6.98. The molecule has 10 N–H and O–H groups in total. The molecule has 3 aromatic rings. The van der Waals surface area contributed by atoms with Gasteiger partial charge in [0, 0.05) is 18.2 Å². The van der Waals surface area contributed by atoms with Gasteiger partial charge < -0.3 is 64.9 Å². The van der Waals surface area contributed by atoms with Gasteiger partial charge in [-0.3, -0.25) is 0 Å². The Kier molecular flexibility index (Phi) is 8.42. The largest absolute Gasteiger partial charge is 0.571 e. The third-order valence-corrected chi connectivity index (χ3v) is 6.98. The number of hydrogen-bond acceptors (Lipinski definition) is 13. The van der Waals surface area contributed by atoms with Crippen LogP contribution in [0.2, 0.25) is 0 Å². The Balaban J connectivity index is 1.44. The lowest BCUT2D eigenvalue weighted by molar-refractivity contribution is -0.297. The average Bonchev–Trinajstić information content (AvgIpc) is 2.98. The summed E-state index contributed by atoms with van der Waals surface area (Å²) in [5, 5.41) is 91.5. The molecule has 0 saturated carbocycles. The summed E-state index contributed by atoms with van der Waals surface area (Å²) < 4.78 is 21.3. The van der Waals surface area contributed by atoms with Crippen molar-refractivity contribution in [2.24, 2.45) is 0 Å². The molecule has 232 valence electrons. The van der Waals surface area contributed by atoms with E-state index in [4.69, 9.17) is 14.2 Å². The minimum Gasteiger partial charge on any atom is -0.571 e. The molecule has 0 aliphatic carbocycles. The molecule has 1 saturated heterocycles. The van der Waals surface area contributed by atoms with Crippen LogP contribution in [0.25, 0.3) is 12.2 Å². The zero-order valence-electron chi connectivity index (χ0n) is 22.6. The predicted octanol–water partition coefficient (Wildman–Crippen LogP) is 1.34. The first-order valence-electron chi connectivity index (χ1n) is 13.1. The minimum atomic E-state index is -1.84. The molecule has 2 aliphatic heterocycles. The fourth-order valence-electron chi connectivity index (χ4n) is 4.75. The number of benzene rings is 3. The summed E-state index contributed by atoms with van der Waals surface area (Å²) in [5.74, 6) is -3.86. The number of rotatable bonds is 7. The molecule has 14 heteroatoms. The van der Waals surface area contributed by atoms with Gasteiger partial charge >= 0.3 is 5.97 Å². The van der Waals surface area contributed by atoms with Crippen molar-refractivity contribution < 1.29 is 69.7 Å². The summed E-state index contributed by atoms with van der Waals surface area (Å²) in [5.41, 5.74) is 0.709. The van der Waals surface area contributed by atoms with Crippen molar-refractivity contribution in [1.82, 2.24) is 0 Å². The fourth-order valence-corrected chi connectivity index (χ4v) is 4.75. The number of fused-ring (bicyclic) bond motifs is 1. The molecule has 0 spiro atoms. The zero-order valence-corrected chi connectivity index (χ0v) is 22.6. The van der Waals surface area contributed by atoms with Gasteiger partial charge in [-0.15, -0.1) is 0 Å². The summed E-state index contributed by atoms with van der Waals surface area (Å²) in [7, 11) is 0. The second-order valence-corrected chi connectivity index (χ2v) is 10.0. The van der Waals surface area contributed by atoms with Crippen molar-refractivity contribution >= 4 is 18.1 Å². The lowest BCUT2D eigenvalue weighted by Gasteiger charge is -2.41. The normalized spacial score (nSPS) is 24.7. The van der Waals surface area contributed by atoms with Gasteiger partial charge in [-0.05, 0) is 35.9 Å². The molecule has 1 fully saturated rings. The topological polar surface area (TPSA) is 240 Å². The van der Waals surface area contributed by atoms with Crippen LogP contribution in [0.1, 0.15) is 22.8 Å². The maximum atomic E-state index is 12.6. The van der Waals surface area contributed by atoms with E-state index in [-0.39, 0.29) is 39.9 Å². The number of aliphatic hydroxyl groups is 4. The van der Waals surface area contributed by atoms with Gasteiger partial charge in [0.25, 0.3) is 11.9 Å². The van der Waals surface area contributed by atoms with Crippen LogP contribution in [0, 0.1) is 0 Å². The van der Waals surface area contributed by atoms with Crippen molar-refractivity contribution in [1.29, 1.82) is 0 Å². The molecule has 14 nitrogen and oxygen atoms in total. The Hall–Kier alpha value is -5.15. The van der Waals surface area contributed by atoms with E-state index in [0.29, 0.717) is 5.56 Å². The standard InChI is InChI=1S/C30H28O14/c31-12-23-26(39)29(44-24(37)6-3-13-1-4-15(32)5-2-13)27(40)30(43-23)42-22-11-17-18(34)9-16(33)10-21(17)41-28(22)14-7-19(35)25(38)20(36)8-14/h1-11,23,26-36,38-40H,12H2/p+1. The highest BCUT2D eigenvalue weighted by Gasteiger charge is 2.49. The number of phenols is 6. The number of carbonyl (C=O) groups is 1. The number of hydrogen-bond donors (Lipinski definition) is 9. The Labute approximate surface area is 248 Å². The molecule has 3 aromatic carbocycles. The number of aliphatic hydroxyl groups excluding tert-OH is 3. The minimum absolute atomic E-state index is 0.0262. The summed E-state index contributed by atoms with van der Waals surface area (Å²) in [6.07, 6.45) is -5.77. The SMILES string of the molecule is O=C(C=Cc1ccc(O)cc1)OC1C(O)C(CO)OC(OC2=Cc3c(O)cc(O)cc3[OH+]C2c2cc(O)c(O)c(O)c2)C1O. The van der Waals surface area contributed by atoms with E-state index in [1.165, 1.54) is 42.5 Å². The lowest BCUT2D eigenvalue weighted by Crippen LogP contribution is -2.60. The Morgan fingerprint density at radius 1 is 0.886 bits per heavy atom. The number of ether oxygens (including phenoxy) is 4.